The zero-order chi connectivity index (χ0) is 21.9. The molecule has 0 unspecified atom stereocenters. The van der Waals surface area contributed by atoms with Crippen LogP contribution in [-0.2, 0) is 4.18 Å². The number of rotatable bonds is 7. The lowest BCUT2D eigenvalue weighted by molar-refractivity contribution is 0.112. The summed E-state index contributed by atoms with van der Waals surface area (Å²) in [5.41, 5.74) is 5.58. The fourth-order valence-electron chi connectivity index (χ4n) is 2.74. The van der Waals surface area contributed by atoms with Gasteiger partial charge in [-0.1, -0.05) is 30.3 Å². The first-order valence-corrected chi connectivity index (χ1v) is 9.99. The standard InChI is InChI=1S/C14H15FN2OS.C9H11NO/c1-16-14-9-11(5-8-13(14)17-19-18-2)10-3-6-12(15)7-4-10;1-10(2)9-6-4-3-5-8(9)7-11/h3-9,16-17H,1-2H3;3-7H,1-2H3. The minimum absolute atomic E-state index is 0.229. The summed E-state index contributed by atoms with van der Waals surface area (Å²) in [4.78, 5) is 12.4. The first kappa shape index (κ1) is 23.3. The quantitative estimate of drug-likeness (QED) is 0.286. The van der Waals surface area contributed by atoms with Crippen LogP contribution in [0.15, 0.2) is 66.7 Å². The minimum atomic E-state index is -0.229. The molecule has 0 amide bonds. The van der Waals surface area contributed by atoms with Crippen molar-refractivity contribution in [2.75, 3.05) is 43.2 Å². The van der Waals surface area contributed by atoms with Crippen LogP contribution >= 0.6 is 12.2 Å². The van der Waals surface area contributed by atoms with Crippen LogP contribution in [0.3, 0.4) is 0 Å². The molecule has 0 aliphatic rings. The van der Waals surface area contributed by atoms with Crippen molar-refractivity contribution in [1.29, 1.82) is 0 Å². The molecular formula is C23H26FN3O2S. The number of hydrogen-bond donors (Lipinski definition) is 2. The van der Waals surface area contributed by atoms with Gasteiger partial charge in [-0.3, -0.25) is 4.79 Å². The molecule has 0 bridgehead atoms. The number of halogens is 1. The van der Waals surface area contributed by atoms with Crippen molar-refractivity contribution in [3.05, 3.63) is 78.1 Å². The molecule has 30 heavy (non-hydrogen) atoms. The Morgan fingerprint density at radius 2 is 1.63 bits per heavy atom. The Balaban J connectivity index is 0.000000248. The summed E-state index contributed by atoms with van der Waals surface area (Å²) in [5.74, 6) is -0.229. The van der Waals surface area contributed by atoms with Crippen molar-refractivity contribution in [3.63, 3.8) is 0 Å². The highest BCUT2D eigenvalue weighted by atomic mass is 32.2. The predicted molar refractivity (Wildman–Crippen MR) is 126 cm³/mol. The number of carbonyl (C=O) groups excluding carboxylic acids is 1. The summed E-state index contributed by atoms with van der Waals surface area (Å²) < 4.78 is 20.9. The van der Waals surface area contributed by atoms with E-state index in [1.54, 1.807) is 19.2 Å². The fraction of sp³-hybridized carbons (Fsp3) is 0.174. The van der Waals surface area contributed by atoms with E-state index in [-0.39, 0.29) is 5.82 Å². The van der Waals surface area contributed by atoms with E-state index >= 15 is 0 Å². The molecule has 3 aromatic carbocycles. The van der Waals surface area contributed by atoms with Gasteiger partial charge in [0.05, 0.1) is 18.5 Å². The monoisotopic (exact) mass is 427 g/mol. The molecular weight excluding hydrogens is 401 g/mol. The summed E-state index contributed by atoms with van der Waals surface area (Å²) in [6.45, 7) is 0. The molecule has 0 radical (unpaired) electrons. The van der Waals surface area contributed by atoms with Crippen molar-refractivity contribution in [1.82, 2.24) is 0 Å². The highest BCUT2D eigenvalue weighted by Gasteiger charge is 2.05. The number of nitrogens with one attached hydrogen (secondary N) is 2. The predicted octanol–water partition coefficient (Wildman–Crippen LogP) is 5.72. The van der Waals surface area contributed by atoms with Gasteiger partial charge in [0, 0.05) is 32.4 Å². The lowest BCUT2D eigenvalue weighted by Crippen LogP contribution is -2.10. The molecule has 2 N–H and O–H groups in total. The van der Waals surface area contributed by atoms with Gasteiger partial charge >= 0.3 is 0 Å². The molecule has 0 spiro atoms. The van der Waals surface area contributed by atoms with Crippen LogP contribution in [0.25, 0.3) is 11.1 Å². The van der Waals surface area contributed by atoms with Crippen LogP contribution < -0.4 is 14.9 Å². The summed E-state index contributed by atoms with van der Waals surface area (Å²) in [6.07, 6.45) is 0.870. The van der Waals surface area contributed by atoms with Crippen LogP contribution in [0.2, 0.25) is 0 Å². The molecule has 5 nitrogen and oxygen atoms in total. The van der Waals surface area contributed by atoms with Crippen LogP contribution in [0, 0.1) is 5.82 Å². The Kier molecular flexibility index (Phi) is 9.18. The second-order valence-corrected chi connectivity index (χ2v) is 7.14. The van der Waals surface area contributed by atoms with Crippen molar-refractivity contribution >= 4 is 35.6 Å². The maximum atomic E-state index is 12.9. The van der Waals surface area contributed by atoms with E-state index in [9.17, 15) is 9.18 Å². The first-order valence-electron chi connectivity index (χ1n) is 9.25. The van der Waals surface area contributed by atoms with Gasteiger partial charge in [-0.2, -0.15) is 0 Å². The molecule has 0 aliphatic carbocycles. The third-order valence-corrected chi connectivity index (χ3v) is 4.72. The smallest absolute Gasteiger partial charge is 0.152 e. The normalized spacial score (nSPS) is 9.90. The first-order chi connectivity index (χ1) is 14.5. The van der Waals surface area contributed by atoms with E-state index in [0.29, 0.717) is 0 Å². The number of hydrogen-bond acceptors (Lipinski definition) is 6. The molecule has 3 rings (SSSR count). The zero-order valence-electron chi connectivity index (χ0n) is 17.5. The Hall–Kier alpha value is -3.03. The van der Waals surface area contributed by atoms with E-state index in [1.165, 1.54) is 12.1 Å². The fourth-order valence-corrected chi connectivity index (χ4v) is 3.09. The lowest BCUT2D eigenvalue weighted by Gasteiger charge is -2.13. The second-order valence-electron chi connectivity index (χ2n) is 6.44. The number of aldehydes is 1. The molecule has 0 heterocycles. The van der Waals surface area contributed by atoms with Gasteiger partial charge in [0.2, 0.25) is 0 Å². The topological polar surface area (TPSA) is 53.6 Å². The van der Waals surface area contributed by atoms with E-state index < -0.39 is 0 Å². The molecule has 0 aliphatic heterocycles. The summed E-state index contributed by atoms with van der Waals surface area (Å²) >= 11 is 1.15. The molecule has 0 saturated heterocycles. The highest BCUT2D eigenvalue weighted by Crippen LogP contribution is 2.30. The van der Waals surface area contributed by atoms with Crippen molar-refractivity contribution in [3.8, 4) is 11.1 Å². The number of para-hydroxylation sites is 1. The van der Waals surface area contributed by atoms with Crippen molar-refractivity contribution < 1.29 is 13.4 Å². The van der Waals surface area contributed by atoms with E-state index in [4.69, 9.17) is 4.18 Å². The summed E-state index contributed by atoms with van der Waals surface area (Å²) in [6, 6.07) is 19.9. The maximum absolute atomic E-state index is 12.9. The van der Waals surface area contributed by atoms with Gasteiger partial charge in [-0.15, -0.1) is 0 Å². The summed E-state index contributed by atoms with van der Waals surface area (Å²) in [7, 11) is 7.29. The number of benzene rings is 3. The van der Waals surface area contributed by atoms with Crippen LogP contribution in [0.1, 0.15) is 10.4 Å². The average Bonchev–Trinajstić information content (AvgIpc) is 2.78. The average molecular weight is 428 g/mol. The zero-order valence-corrected chi connectivity index (χ0v) is 18.3. The van der Waals surface area contributed by atoms with E-state index in [0.717, 1.165) is 52.3 Å². The molecule has 7 heteroatoms. The Bertz CT molecular complexity index is 949. The van der Waals surface area contributed by atoms with Crippen LogP contribution in [0.5, 0.6) is 0 Å². The number of carbonyl (C=O) groups is 1. The largest absolute Gasteiger partial charge is 0.386 e. The molecule has 0 atom stereocenters. The molecule has 0 saturated carbocycles. The van der Waals surface area contributed by atoms with Crippen molar-refractivity contribution in [2.24, 2.45) is 0 Å². The Morgan fingerprint density at radius 1 is 0.967 bits per heavy atom. The number of nitrogens with zero attached hydrogens (tertiary/aromatic N) is 1. The van der Waals surface area contributed by atoms with Crippen LogP contribution in [0.4, 0.5) is 21.5 Å². The second kappa shape index (κ2) is 11.8. The third-order valence-electron chi connectivity index (χ3n) is 4.25. The minimum Gasteiger partial charge on any atom is -0.386 e. The summed E-state index contributed by atoms with van der Waals surface area (Å²) in [5, 5.41) is 3.12. The lowest BCUT2D eigenvalue weighted by atomic mass is 10.0. The van der Waals surface area contributed by atoms with E-state index in [1.807, 2.05) is 68.5 Å². The molecule has 158 valence electrons. The van der Waals surface area contributed by atoms with Gasteiger partial charge in [-0.05, 0) is 47.5 Å². The van der Waals surface area contributed by atoms with Gasteiger partial charge < -0.3 is 19.1 Å². The van der Waals surface area contributed by atoms with Gasteiger partial charge in [0.25, 0.3) is 0 Å². The highest BCUT2D eigenvalue weighted by molar-refractivity contribution is 7.96. The van der Waals surface area contributed by atoms with Gasteiger partial charge in [0.1, 0.15) is 18.0 Å². The number of anilines is 3. The Labute approximate surface area is 181 Å². The molecule has 0 fully saturated rings. The van der Waals surface area contributed by atoms with Gasteiger partial charge in [-0.25, -0.2) is 4.39 Å². The van der Waals surface area contributed by atoms with Crippen molar-refractivity contribution in [2.45, 2.75) is 0 Å². The Morgan fingerprint density at radius 3 is 2.20 bits per heavy atom. The SMILES string of the molecule is CN(C)c1ccccc1C=O.CNc1cc(-c2ccc(F)cc2)ccc1NSOC. The third kappa shape index (κ3) is 6.50. The van der Waals surface area contributed by atoms with Crippen LogP contribution in [-0.4, -0.2) is 34.5 Å². The van der Waals surface area contributed by atoms with E-state index in [2.05, 4.69) is 10.0 Å². The molecule has 3 aromatic rings. The van der Waals surface area contributed by atoms with Gasteiger partial charge in [0.15, 0.2) is 6.29 Å². The maximum Gasteiger partial charge on any atom is 0.152 e. The molecule has 0 aromatic heterocycles.